The van der Waals surface area contributed by atoms with Crippen LogP contribution in [0.1, 0.15) is 33.4 Å². The maximum absolute atomic E-state index is 4.91. The average Bonchev–Trinajstić information content (AvgIpc) is 1.75. The van der Waals surface area contributed by atoms with Crippen LogP contribution in [0, 0.1) is 0 Å². The average molecular weight is 1460 g/mol. The zero-order valence-corrected chi connectivity index (χ0v) is 61.3. The molecule has 518 valence electrons. The van der Waals surface area contributed by atoms with Gasteiger partial charge in [0.25, 0.3) is 0 Å². The van der Waals surface area contributed by atoms with Crippen molar-refractivity contribution in [2.24, 2.45) is 0 Å². The van der Waals surface area contributed by atoms with Crippen LogP contribution in [0.25, 0.3) is 103 Å². The second-order valence-corrected chi connectivity index (χ2v) is 27.8. The molecule has 15 aromatic carbocycles. The lowest BCUT2D eigenvalue weighted by Crippen LogP contribution is -2.09. The molecule has 0 saturated heterocycles. The van der Waals surface area contributed by atoms with Gasteiger partial charge in [-0.1, -0.05) is 255 Å². The summed E-state index contributed by atoms with van der Waals surface area (Å²) in [5.74, 6) is 0. The Labute approximate surface area is 645 Å². The van der Waals surface area contributed by atoms with Crippen LogP contribution < -0.4 is 19.6 Å². The highest BCUT2D eigenvalue weighted by atomic mass is 32.1. The van der Waals surface area contributed by atoms with Gasteiger partial charge in [0.2, 0.25) is 0 Å². The van der Waals surface area contributed by atoms with Gasteiger partial charge in [-0.2, -0.15) is 26.2 Å². The molecule has 0 saturated carbocycles. The van der Waals surface area contributed by atoms with E-state index in [4.69, 9.17) is 26.2 Å². The molecular weight excluding hydrogens is 1390 g/mol. The monoisotopic (exact) mass is 1450 g/mol. The summed E-state index contributed by atoms with van der Waals surface area (Å²) in [5, 5.41) is 0. The Balaban J connectivity index is 0.629. The number of rotatable bonds is 21. The van der Waals surface area contributed by atoms with Gasteiger partial charge in [0, 0.05) is 102 Å². The molecule has 0 amide bonds. The van der Waals surface area contributed by atoms with E-state index in [1.165, 1.54) is 35.2 Å². The minimum Gasteiger partial charge on any atom is -0.311 e. The normalized spacial score (nSPS) is 11.6. The first-order chi connectivity index (χ1) is 54.0. The Morgan fingerprint density at radius 2 is 0.349 bits per heavy atom. The van der Waals surface area contributed by atoms with Crippen molar-refractivity contribution in [2.75, 3.05) is 19.6 Å². The first-order valence-corrected chi connectivity index (χ1v) is 38.2. The summed E-state index contributed by atoms with van der Waals surface area (Å²) in [7, 11) is 0. The van der Waals surface area contributed by atoms with E-state index >= 15 is 0 Å². The van der Waals surface area contributed by atoms with Gasteiger partial charge < -0.3 is 19.6 Å². The van der Waals surface area contributed by atoms with Crippen LogP contribution in [0.4, 0.5) is 68.2 Å². The van der Waals surface area contributed by atoms with Gasteiger partial charge >= 0.3 is 0 Å². The Kier molecular flexibility index (Phi) is 18.9. The Morgan fingerprint density at radius 1 is 0.165 bits per heavy atom. The minimum atomic E-state index is 0.863. The predicted octanol–water partition coefficient (Wildman–Crippen LogP) is 27.1. The van der Waals surface area contributed by atoms with Crippen molar-refractivity contribution in [3.63, 3.8) is 0 Å². The second kappa shape index (κ2) is 30.7. The smallest absolute Gasteiger partial charge is 0.113 e. The molecule has 0 spiro atoms. The summed E-state index contributed by atoms with van der Waals surface area (Å²) in [6.45, 7) is 0. The summed E-state index contributed by atoms with van der Waals surface area (Å²) in [6.07, 6.45) is 12.9. The number of aromatic nitrogens is 6. The summed E-state index contributed by atoms with van der Waals surface area (Å²) < 4.78 is 29.3. The third kappa shape index (κ3) is 14.1. The molecular formula is C96H66N10S3. The van der Waals surface area contributed by atoms with E-state index in [0.717, 1.165) is 168 Å². The Morgan fingerprint density at radius 3 is 0.560 bits per heavy atom. The molecule has 0 unspecified atom stereocenters. The highest BCUT2D eigenvalue weighted by Gasteiger charge is 2.21. The van der Waals surface area contributed by atoms with Gasteiger partial charge in [0.05, 0.1) is 35.2 Å². The Bertz CT molecular complexity index is 5510. The molecule has 18 rings (SSSR count). The fraction of sp³-hybridized carbons (Fsp3) is 0. The summed E-state index contributed by atoms with van der Waals surface area (Å²) >= 11 is 3.71. The topological polar surface area (TPSA) is 90.3 Å². The third-order valence-corrected chi connectivity index (χ3v) is 21.1. The number of hydrogen-bond donors (Lipinski definition) is 0. The molecule has 0 bridgehead atoms. The fourth-order valence-corrected chi connectivity index (χ4v) is 15.9. The van der Waals surface area contributed by atoms with Crippen molar-refractivity contribution >= 4 is 173 Å². The highest BCUT2D eigenvalue weighted by molar-refractivity contribution is 7.00. The second-order valence-electron chi connectivity index (χ2n) is 26.3. The first-order valence-electron chi connectivity index (χ1n) is 36.0. The number of anilines is 12. The van der Waals surface area contributed by atoms with Crippen molar-refractivity contribution in [3.8, 4) is 33.4 Å². The molecule has 0 fully saturated rings. The first kappa shape index (κ1) is 67.1. The van der Waals surface area contributed by atoms with E-state index in [2.05, 4.69) is 384 Å². The van der Waals surface area contributed by atoms with Crippen molar-refractivity contribution in [1.82, 2.24) is 26.2 Å². The van der Waals surface area contributed by atoms with Crippen LogP contribution in [-0.2, 0) is 0 Å². The molecule has 18 aromatic rings. The van der Waals surface area contributed by atoms with E-state index < -0.39 is 0 Å². The van der Waals surface area contributed by atoms with Crippen molar-refractivity contribution in [3.05, 3.63) is 397 Å². The number of benzene rings is 15. The van der Waals surface area contributed by atoms with Crippen LogP contribution in [0.2, 0.25) is 0 Å². The van der Waals surface area contributed by atoms with Gasteiger partial charge in [-0.3, -0.25) is 0 Å². The van der Waals surface area contributed by atoms with E-state index in [1.54, 1.807) is 0 Å². The van der Waals surface area contributed by atoms with Crippen molar-refractivity contribution in [1.29, 1.82) is 0 Å². The predicted molar refractivity (Wildman–Crippen MR) is 461 cm³/mol. The zero-order chi connectivity index (χ0) is 72.7. The zero-order valence-electron chi connectivity index (χ0n) is 58.8. The molecule has 3 aromatic heterocycles. The van der Waals surface area contributed by atoms with Gasteiger partial charge in [0.1, 0.15) is 33.1 Å². The van der Waals surface area contributed by atoms with E-state index in [1.807, 2.05) is 36.4 Å². The number of para-hydroxylation sites is 6. The van der Waals surface area contributed by atoms with Crippen LogP contribution in [0.5, 0.6) is 0 Å². The molecule has 10 nitrogen and oxygen atoms in total. The standard InChI is InChI=1S/C96H66N10S3/c1-7-19-76(20-8-1)103(77-21-9-2-10-22-77)82-52-34-67(35-53-82)31-40-73-49-64-88(94-91(73)97-107-100-94)70-43-58-85(59-44-70)106(86-60-45-71(46-61-86)89-65-50-74(92-95(89)101-108-98-92)41-32-68-36-54-83(55-37-68)104(78-23-11-3-12-24-78)79-25-13-4-14-26-79)87-62-47-72(48-63-87)90-66-51-75(93-96(90)102-109-99-93)42-33-69-38-56-84(57-39-69)105(80-27-15-5-16-28-80)81-29-17-6-18-30-81/h1-66H/b40-31+,41-32+,42-33+. The fourth-order valence-electron chi connectivity index (χ4n) is 14.1. The quantitative estimate of drug-likeness (QED) is 0.0648. The highest BCUT2D eigenvalue weighted by Crippen LogP contribution is 2.43. The molecule has 0 aliphatic heterocycles. The van der Waals surface area contributed by atoms with Crippen molar-refractivity contribution in [2.45, 2.75) is 0 Å². The van der Waals surface area contributed by atoms with Crippen molar-refractivity contribution < 1.29 is 0 Å². The summed E-state index contributed by atoms with van der Waals surface area (Å²) in [4.78, 5) is 9.12. The molecule has 109 heavy (non-hydrogen) atoms. The Hall–Kier alpha value is -13.8. The molecule has 0 atom stereocenters. The summed E-state index contributed by atoms with van der Waals surface area (Å²) in [6, 6.07) is 128. The number of hydrogen-bond acceptors (Lipinski definition) is 13. The molecule has 0 N–H and O–H groups in total. The lowest BCUT2D eigenvalue weighted by atomic mass is 9.99. The molecule has 3 heterocycles. The lowest BCUT2D eigenvalue weighted by Gasteiger charge is -2.26. The maximum Gasteiger partial charge on any atom is 0.113 e. The van der Waals surface area contributed by atoms with Crippen LogP contribution in [0.15, 0.2) is 364 Å². The largest absolute Gasteiger partial charge is 0.311 e. The van der Waals surface area contributed by atoms with Crippen LogP contribution in [-0.4, -0.2) is 26.2 Å². The minimum absolute atomic E-state index is 0.863. The van der Waals surface area contributed by atoms with E-state index in [0.29, 0.717) is 0 Å². The third-order valence-electron chi connectivity index (χ3n) is 19.6. The van der Waals surface area contributed by atoms with E-state index in [-0.39, 0.29) is 0 Å². The molecule has 13 heteroatoms. The molecule has 0 aliphatic carbocycles. The molecule has 0 radical (unpaired) electrons. The van der Waals surface area contributed by atoms with Gasteiger partial charge in [-0.15, -0.1) is 0 Å². The lowest BCUT2D eigenvalue weighted by molar-refractivity contribution is 1.28. The molecule has 0 aliphatic rings. The number of fused-ring (bicyclic) bond motifs is 3. The van der Waals surface area contributed by atoms with Crippen LogP contribution in [0.3, 0.4) is 0 Å². The van der Waals surface area contributed by atoms with E-state index in [9.17, 15) is 0 Å². The number of nitrogens with zero attached hydrogens (tertiary/aromatic N) is 10. The van der Waals surface area contributed by atoms with Gasteiger partial charge in [-0.25, -0.2) is 0 Å². The van der Waals surface area contributed by atoms with Gasteiger partial charge in [0.15, 0.2) is 0 Å². The van der Waals surface area contributed by atoms with Crippen LogP contribution >= 0.6 is 35.2 Å². The SMILES string of the molecule is C(=C\c1ccc(-c2ccc(N(c3ccc(-c4ccc(/C=C/c5ccc(N(c6ccccc6)c6ccccc6)cc5)c5nsnc45)cc3)c3ccc(-c4ccc(/C=C/c5ccc(N(c6ccccc6)c6ccccc6)cc5)c5nsnc45)cc3)cc2)c2nsnc12)/c1ccc(N(c2ccccc2)c2ccccc2)cc1. The van der Waals surface area contributed by atoms with Gasteiger partial charge in [-0.05, 0) is 179 Å². The maximum atomic E-state index is 4.91. The summed E-state index contributed by atoms with van der Waals surface area (Å²) in [5.41, 5.74) is 30.4.